The van der Waals surface area contributed by atoms with Crippen LogP contribution in [0.1, 0.15) is 11.3 Å². The van der Waals surface area contributed by atoms with E-state index in [2.05, 4.69) is 12.1 Å². The maximum absolute atomic E-state index is 6.30. The van der Waals surface area contributed by atoms with Gasteiger partial charge in [0.1, 0.15) is 11.5 Å². The van der Waals surface area contributed by atoms with E-state index < -0.39 is 0 Å². The molecule has 152 valence electrons. The van der Waals surface area contributed by atoms with Gasteiger partial charge in [-0.15, -0.1) is 0 Å². The van der Waals surface area contributed by atoms with E-state index in [0.29, 0.717) is 5.75 Å². The zero-order valence-corrected chi connectivity index (χ0v) is 16.5. The Hall–Kier alpha value is -4.12. The summed E-state index contributed by atoms with van der Waals surface area (Å²) in [6.07, 6.45) is 4.01. The van der Waals surface area contributed by atoms with Crippen LogP contribution < -0.4 is 18.9 Å². The first-order chi connectivity index (χ1) is 15.3. The second-order valence-corrected chi connectivity index (χ2v) is 7.27. The second-order valence-electron chi connectivity index (χ2n) is 7.27. The van der Waals surface area contributed by atoms with Crippen molar-refractivity contribution < 1.29 is 23.4 Å². The summed E-state index contributed by atoms with van der Waals surface area (Å²) >= 11 is 0. The Balaban J connectivity index is 1.45. The summed E-state index contributed by atoms with van der Waals surface area (Å²) in [4.78, 5) is 0. The van der Waals surface area contributed by atoms with Crippen molar-refractivity contribution in [3.63, 3.8) is 0 Å². The van der Waals surface area contributed by atoms with Crippen molar-refractivity contribution in [2.75, 3.05) is 13.6 Å². The van der Waals surface area contributed by atoms with Gasteiger partial charge in [-0.05, 0) is 53.6 Å². The minimum absolute atomic E-state index is 0.233. The molecule has 2 aliphatic heterocycles. The van der Waals surface area contributed by atoms with Crippen LogP contribution in [0.3, 0.4) is 0 Å². The lowest BCUT2D eigenvalue weighted by molar-refractivity contribution is 0.173. The molecule has 3 aromatic carbocycles. The van der Waals surface area contributed by atoms with Gasteiger partial charge < -0.3 is 23.4 Å². The first-order valence-corrected chi connectivity index (χ1v) is 10.0. The molecule has 0 aliphatic carbocycles. The zero-order valence-electron chi connectivity index (χ0n) is 16.5. The lowest BCUT2D eigenvalue weighted by atomic mass is 10.0. The molecule has 5 heteroatoms. The molecule has 0 N–H and O–H groups in total. The summed E-state index contributed by atoms with van der Waals surface area (Å²) in [6, 6.07) is 23.9. The predicted molar refractivity (Wildman–Crippen MR) is 117 cm³/mol. The molecule has 1 aromatic heterocycles. The number of hydrogen-bond donors (Lipinski definition) is 0. The van der Waals surface area contributed by atoms with Crippen LogP contribution in [-0.2, 0) is 0 Å². The maximum atomic E-state index is 6.30. The van der Waals surface area contributed by atoms with E-state index in [1.165, 1.54) is 0 Å². The van der Waals surface area contributed by atoms with E-state index in [1.807, 2.05) is 72.8 Å². The topological polar surface area (TPSA) is 50.1 Å². The molecule has 0 fully saturated rings. The molecular weight excluding hydrogens is 392 g/mol. The summed E-state index contributed by atoms with van der Waals surface area (Å²) < 4.78 is 28.4. The highest BCUT2D eigenvalue weighted by Crippen LogP contribution is 2.43. The summed E-state index contributed by atoms with van der Waals surface area (Å²) in [5.41, 5.74) is 3.97. The van der Waals surface area contributed by atoms with Gasteiger partial charge in [-0.3, -0.25) is 0 Å². The normalized spacial score (nSPS) is 13.8. The standard InChI is InChI=1S/C26H18O5/c1-2-4-17(5-3-1)6-9-20-14-21(18-7-10-22-24(12-18)29-15-27-22)26(31-20)19-8-11-23-25(13-19)30-16-28-23/h1-14H,15-16H2/b9-6+. The number of hydrogen-bond acceptors (Lipinski definition) is 5. The highest BCUT2D eigenvalue weighted by molar-refractivity contribution is 5.84. The van der Waals surface area contributed by atoms with Crippen molar-refractivity contribution >= 4 is 12.2 Å². The molecule has 0 saturated heterocycles. The van der Waals surface area contributed by atoms with Crippen molar-refractivity contribution in [1.82, 2.24) is 0 Å². The molecule has 4 aromatic rings. The fourth-order valence-corrected chi connectivity index (χ4v) is 3.77. The summed E-state index contributed by atoms with van der Waals surface area (Å²) in [5, 5.41) is 0. The SMILES string of the molecule is C(=C\c1cc(-c2ccc3c(c2)OCO3)c(-c2ccc3c(c2)OCO3)o1)/c1ccccc1. The quantitative estimate of drug-likeness (QED) is 0.398. The molecule has 2 aliphatic rings. The third-order valence-electron chi connectivity index (χ3n) is 5.31. The van der Waals surface area contributed by atoms with E-state index in [9.17, 15) is 0 Å². The molecule has 0 bridgehead atoms. The van der Waals surface area contributed by atoms with Crippen LogP contribution in [0.15, 0.2) is 77.2 Å². The molecule has 6 rings (SSSR count). The van der Waals surface area contributed by atoms with Crippen molar-refractivity contribution in [2.24, 2.45) is 0 Å². The van der Waals surface area contributed by atoms with Crippen molar-refractivity contribution in [3.8, 4) is 45.4 Å². The van der Waals surface area contributed by atoms with Gasteiger partial charge >= 0.3 is 0 Å². The van der Waals surface area contributed by atoms with Crippen LogP contribution in [0.2, 0.25) is 0 Å². The molecule has 0 saturated carbocycles. The Morgan fingerprint density at radius 1 is 0.581 bits per heavy atom. The lowest BCUT2D eigenvalue weighted by Gasteiger charge is -2.05. The van der Waals surface area contributed by atoms with Crippen LogP contribution in [-0.4, -0.2) is 13.6 Å². The number of benzene rings is 3. The molecule has 0 amide bonds. The monoisotopic (exact) mass is 410 g/mol. The number of furan rings is 1. The molecular formula is C26H18O5. The van der Waals surface area contributed by atoms with E-state index in [4.69, 9.17) is 23.4 Å². The van der Waals surface area contributed by atoms with Gasteiger partial charge in [0.25, 0.3) is 0 Å². The van der Waals surface area contributed by atoms with Crippen molar-refractivity contribution in [1.29, 1.82) is 0 Å². The van der Waals surface area contributed by atoms with Gasteiger partial charge in [0.05, 0.1) is 0 Å². The highest BCUT2D eigenvalue weighted by Gasteiger charge is 2.21. The van der Waals surface area contributed by atoms with Crippen molar-refractivity contribution in [2.45, 2.75) is 0 Å². The Labute approximate surface area is 179 Å². The van der Waals surface area contributed by atoms with Gasteiger partial charge in [0.15, 0.2) is 23.0 Å². The second kappa shape index (κ2) is 7.29. The van der Waals surface area contributed by atoms with Crippen LogP contribution in [0.5, 0.6) is 23.0 Å². The Bertz CT molecular complexity index is 1210. The molecule has 0 spiro atoms. The Kier molecular flexibility index (Phi) is 4.17. The van der Waals surface area contributed by atoms with E-state index in [1.54, 1.807) is 0 Å². The summed E-state index contributed by atoms with van der Waals surface area (Å²) in [7, 11) is 0. The Morgan fingerprint density at radius 2 is 1.23 bits per heavy atom. The number of fused-ring (bicyclic) bond motifs is 2. The molecule has 0 unspecified atom stereocenters. The first kappa shape index (κ1) is 17.7. The fraction of sp³-hybridized carbons (Fsp3) is 0.0769. The fourth-order valence-electron chi connectivity index (χ4n) is 3.77. The molecule has 5 nitrogen and oxygen atoms in total. The summed E-state index contributed by atoms with van der Waals surface area (Å²) in [6.45, 7) is 0.473. The first-order valence-electron chi connectivity index (χ1n) is 10.0. The van der Waals surface area contributed by atoms with Crippen LogP contribution in [0.25, 0.3) is 34.6 Å². The minimum Gasteiger partial charge on any atom is -0.456 e. The third-order valence-corrected chi connectivity index (χ3v) is 5.31. The predicted octanol–water partition coefficient (Wildman–Crippen LogP) is 6.24. The largest absolute Gasteiger partial charge is 0.456 e. The molecule has 0 radical (unpaired) electrons. The van der Waals surface area contributed by atoms with E-state index in [-0.39, 0.29) is 13.6 Å². The maximum Gasteiger partial charge on any atom is 0.231 e. The average molecular weight is 410 g/mol. The zero-order chi connectivity index (χ0) is 20.6. The van der Waals surface area contributed by atoms with Crippen LogP contribution in [0, 0.1) is 0 Å². The van der Waals surface area contributed by atoms with Crippen molar-refractivity contribution in [3.05, 3.63) is 84.1 Å². The summed E-state index contributed by atoms with van der Waals surface area (Å²) in [5.74, 6) is 4.45. The molecule has 31 heavy (non-hydrogen) atoms. The highest BCUT2D eigenvalue weighted by atomic mass is 16.7. The molecule has 0 atom stereocenters. The number of ether oxygens (including phenoxy) is 4. The van der Waals surface area contributed by atoms with Crippen LogP contribution >= 0.6 is 0 Å². The number of rotatable bonds is 4. The lowest BCUT2D eigenvalue weighted by Crippen LogP contribution is -1.92. The van der Waals surface area contributed by atoms with E-state index >= 15 is 0 Å². The van der Waals surface area contributed by atoms with E-state index in [0.717, 1.165) is 51.0 Å². The van der Waals surface area contributed by atoms with Gasteiger partial charge in [-0.1, -0.05) is 42.5 Å². The average Bonchev–Trinajstić information content (AvgIpc) is 3.56. The van der Waals surface area contributed by atoms with Gasteiger partial charge in [0.2, 0.25) is 13.6 Å². The Morgan fingerprint density at radius 3 is 1.97 bits per heavy atom. The third kappa shape index (κ3) is 3.30. The minimum atomic E-state index is 0.233. The smallest absolute Gasteiger partial charge is 0.231 e. The molecule has 3 heterocycles. The van der Waals surface area contributed by atoms with Gasteiger partial charge in [-0.2, -0.15) is 0 Å². The van der Waals surface area contributed by atoms with Crippen LogP contribution in [0.4, 0.5) is 0 Å². The van der Waals surface area contributed by atoms with Gasteiger partial charge in [-0.25, -0.2) is 0 Å². The van der Waals surface area contributed by atoms with Gasteiger partial charge in [0, 0.05) is 11.1 Å².